The quantitative estimate of drug-likeness (QED) is 0.320. The summed E-state index contributed by atoms with van der Waals surface area (Å²) in [5, 5.41) is 3.57. The minimum absolute atomic E-state index is 0.720. The normalized spacial score (nSPS) is 12.8. The van der Waals surface area contributed by atoms with Crippen molar-refractivity contribution in [2.24, 2.45) is 0 Å². The Balaban J connectivity index is 3.02. The molecule has 1 nitrogen and oxygen atoms in total. The molecule has 0 fully saturated rings. The van der Waals surface area contributed by atoms with Gasteiger partial charge in [-0.25, -0.2) is 0 Å². The van der Waals surface area contributed by atoms with Crippen LogP contribution < -0.4 is 5.32 Å². The molecule has 0 bridgehead atoms. The Bertz CT molecular complexity index is 167. The second-order valence-corrected chi connectivity index (χ2v) is 6.53. The van der Waals surface area contributed by atoms with E-state index in [0.717, 1.165) is 6.04 Å². The van der Waals surface area contributed by atoms with Gasteiger partial charge in [0, 0.05) is 6.04 Å². The average Bonchev–Trinajstić information content (AvgIpc) is 2.46. The predicted octanol–water partition coefficient (Wildman–Crippen LogP) is 6.47. The van der Waals surface area contributed by atoms with Crippen molar-refractivity contribution in [1.82, 2.24) is 5.32 Å². The van der Waals surface area contributed by atoms with Gasteiger partial charge in [0.05, 0.1) is 0 Å². The van der Waals surface area contributed by atoms with Gasteiger partial charge in [-0.3, -0.25) is 0 Å². The lowest BCUT2D eigenvalue weighted by Crippen LogP contribution is -2.26. The zero-order valence-corrected chi connectivity index (χ0v) is 14.7. The highest BCUT2D eigenvalue weighted by Crippen LogP contribution is 2.12. The van der Waals surface area contributed by atoms with E-state index in [9.17, 15) is 0 Å². The van der Waals surface area contributed by atoms with Crippen LogP contribution in [0.2, 0.25) is 0 Å². The molecule has 0 amide bonds. The summed E-state index contributed by atoms with van der Waals surface area (Å²) in [6.07, 6.45) is 20.0. The smallest absolute Gasteiger partial charge is 0.00387 e. The Hall–Kier alpha value is -0.0400. The Morgan fingerprint density at radius 3 is 1.50 bits per heavy atom. The molecule has 122 valence electrons. The Labute approximate surface area is 129 Å². The summed E-state index contributed by atoms with van der Waals surface area (Å²) in [6.45, 7) is 8.04. The van der Waals surface area contributed by atoms with Crippen LogP contribution in [0.25, 0.3) is 0 Å². The fraction of sp³-hybridized carbons (Fsp3) is 1.00. The van der Waals surface area contributed by atoms with Crippen molar-refractivity contribution in [2.75, 3.05) is 6.54 Å². The molecule has 1 unspecified atom stereocenters. The third-order valence-electron chi connectivity index (χ3n) is 4.23. The molecule has 0 aliphatic heterocycles. The van der Waals surface area contributed by atoms with Crippen molar-refractivity contribution in [2.45, 2.75) is 117 Å². The first-order chi connectivity index (χ1) is 9.81. The monoisotopic (exact) mass is 283 g/mol. The molecule has 0 radical (unpaired) electrons. The van der Waals surface area contributed by atoms with Gasteiger partial charge in [-0.2, -0.15) is 0 Å². The predicted molar refractivity (Wildman–Crippen MR) is 93.5 cm³/mol. The second-order valence-electron chi connectivity index (χ2n) is 6.53. The summed E-state index contributed by atoms with van der Waals surface area (Å²) in [7, 11) is 0. The third-order valence-corrected chi connectivity index (χ3v) is 4.23. The van der Waals surface area contributed by atoms with Gasteiger partial charge in [-0.05, 0) is 26.3 Å². The molecule has 0 aromatic carbocycles. The van der Waals surface area contributed by atoms with E-state index in [1.807, 2.05) is 0 Å². The van der Waals surface area contributed by atoms with E-state index in [1.165, 1.54) is 96.4 Å². The van der Waals surface area contributed by atoms with Gasteiger partial charge in [0.15, 0.2) is 0 Å². The van der Waals surface area contributed by atoms with Crippen molar-refractivity contribution >= 4 is 0 Å². The maximum Gasteiger partial charge on any atom is 0.00387 e. The zero-order valence-electron chi connectivity index (χ0n) is 14.7. The Morgan fingerprint density at radius 2 is 1.05 bits per heavy atom. The van der Waals surface area contributed by atoms with Gasteiger partial charge in [-0.1, -0.05) is 90.9 Å². The first kappa shape index (κ1) is 20.0. The van der Waals surface area contributed by atoms with Crippen LogP contribution >= 0.6 is 0 Å². The molecule has 0 aliphatic rings. The molecule has 0 aromatic heterocycles. The number of hydrogen-bond donors (Lipinski definition) is 1. The molecule has 1 N–H and O–H groups in total. The summed E-state index contributed by atoms with van der Waals surface area (Å²) in [5.74, 6) is 0. The van der Waals surface area contributed by atoms with Crippen LogP contribution in [-0.2, 0) is 0 Å². The number of nitrogens with one attached hydrogen (secondary N) is 1. The van der Waals surface area contributed by atoms with Crippen LogP contribution in [0.4, 0.5) is 0 Å². The molecule has 1 heteroatoms. The molecular weight excluding hydrogens is 242 g/mol. The number of hydrogen-bond acceptors (Lipinski definition) is 1. The molecular formula is C19H41N. The summed E-state index contributed by atoms with van der Waals surface area (Å²) in [6, 6.07) is 0.720. The van der Waals surface area contributed by atoms with Crippen molar-refractivity contribution in [3.63, 3.8) is 0 Å². The highest BCUT2D eigenvalue weighted by molar-refractivity contribution is 4.60. The molecule has 0 aliphatic carbocycles. The number of rotatable bonds is 16. The van der Waals surface area contributed by atoms with Crippen molar-refractivity contribution in [1.29, 1.82) is 0 Å². The highest BCUT2D eigenvalue weighted by Gasteiger charge is 1.99. The minimum Gasteiger partial charge on any atom is -0.314 e. The fourth-order valence-electron chi connectivity index (χ4n) is 2.78. The van der Waals surface area contributed by atoms with Crippen LogP contribution in [0.5, 0.6) is 0 Å². The van der Waals surface area contributed by atoms with E-state index < -0.39 is 0 Å². The maximum atomic E-state index is 3.57. The second kappa shape index (κ2) is 17.0. The van der Waals surface area contributed by atoms with Gasteiger partial charge >= 0.3 is 0 Å². The SMILES string of the molecule is CCCCCCCCCCCCCCC(C)NCCC. The van der Waals surface area contributed by atoms with Crippen LogP contribution in [-0.4, -0.2) is 12.6 Å². The molecule has 0 heterocycles. The molecule has 0 saturated carbocycles. The van der Waals surface area contributed by atoms with Crippen LogP contribution in [0.15, 0.2) is 0 Å². The van der Waals surface area contributed by atoms with Gasteiger partial charge in [0.25, 0.3) is 0 Å². The topological polar surface area (TPSA) is 12.0 Å². The number of unbranched alkanes of at least 4 members (excludes halogenated alkanes) is 11. The maximum absolute atomic E-state index is 3.57. The fourth-order valence-corrected chi connectivity index (χ4v) is 2.78. The van der Waals surface area contributed by atoms with Crippen LogP contribution in [0, 0.1) is 0 Å². The first-order valence-corrected chi connectivity index (χ1v) is 9.54. The van der Waals surface area contributed by atoms with E-state index in [0.29, 0.717) is 0 Å². The third kappa shape index (κ3) is 16.0. The molecule has 0 saturated heterocycles. The minimum atomic E-state index is 0.720. The molecule has 0 spiro atoms. The van der Waals surface area contributed by atoms with E-state index in [1.54, 1.807) is 0 Å². The van der Waals surface area contributed by atoms with Gasteiger partial charge in [-0.15, -0.1) is 0 Å². The summed E-state index contributed by atoms with van der Waals surface area (Å²) in [5.41, 5.74) is 0. The summed E-state index contributed by atoms with van der Waals surface area (Å²) >= 11 is 0. The largest absolute Gasteiger partial charge is 0.314 e. The van der Waals surface area contributed by atoms with Crippen LogP contribution in [0.3, 0.4) is 0 Å². The standard InChI is InChI=1S/C19H41N/c1-4-6-7-8-9-10-11-12-13-14-15-16-17-19(3)20-18-5-2/h19-20H,4-18H2,1-3H3. The molecule has 0 aromatic rings. The van der Waals surface area contributed by atoms with E-state index in [2.05, 4.69) is 26.1 Å². The van der Waals surface area contributed by atoms with Crippen LogP contribution in [0.1, 0.15) is 111 Å². The lowest BCUT2D eigenvalue weighted by Gasteiger charge is -2.12. The average molecular weight is 284 g/mol. The summed E-state index contributed by atoms with van der Waals surface area (Å²) in [4.78, 5) is 0. The van der Waals surface area contributed by atoms with Gasteiger partial charge in [0.2, 0.25) is 0 Å². The van der Waals surface area contributed by atoms with Crippen molar-refractivity contribution in [3.05, 3.63) is 0 Å². The van der Waals surface area contributed by atoms with E-state index in [4.69, 9.17) is 0 Å². The highest BCUT2D eigenvalue weighted by atomic mass is 14.9. The molecule has 0 rings (SSSR count). The van der Waals surface area contributed by atoms with Crippen molar-refractivity contribution in [3.8, 4) is 0 Å². The summed E-state index contributed by atoms with van der Waals surface area (Å²) < 4.78 is 0. The molecule has 20 heavy (non-hydrogen) atoms. The molecule has 1 atom stereocenters. The zero-order chi connectivity index (χ0) is 14.9. The lowest BCUT2D eigenvalue weighted by molar-refractivity contribution is 0.475. The van der Waals surface area contributed by atoms with E-state index >= 15 is 0 Å². The van der Waals surface area contributed by atoms with Gasteiger partial charge in [0.1, 0.15) is 0 Å². The Kier molecular flexibility index (Phi) is 17.0. The van der Waals surface area contributed by atoms with E-state index in [-0.39, 0.29) is 0 Å². The van der Waals surface area contributed by atoms with Gasteiger partial charge < -0.3 is 5.32 Å². The lowest BCUT2D eigenvalue weighted by atomic mass is 10.0. The Morgan fingerprint density at radius 1 is 0.600 bits per heavy atom. The first-order valence-electron chi connectivity index (χ1n) is 9.54. The van der Waals surface area contributed by atoms with Crippen molar-refractivity contribution < 1.29 is 0 Å².